The van der Waals surface area contributed by atoms with Crippen LogP contribution >= 0.6 is 23.2 Å². The van der Waals surface area contributed by atoms with Crippen LogP contribution in [0.3, 0.4) is 0 Å². The maximum atomic E-state index is 15.0. The van der Waals surface area contributed by atoms with Gasteiger partial charge in [0.05, 0.1) is 28.6 Å². The summed E-state index contributed by atoms with van der Waals surface area (Å²) >= 11 is 14.7. The third-order valence-corrected chi connectivity index (χ3v) is 19.2. The second-order valence-corrected chi connectivity index (χ2v) is 28.2. The minimum atomic E-state index is -4.17. The first-order chi connectivity index (χ1) is 29.7. The third kappa shape index (κ3) is 11.4. The van der Waals surface area contributed by atoms with E-state index in [-0.39, 0.29) is 71.7 Å². The van der Waals surface area contributed by atoms with Gasteiger partial charge >= 0.3 is 0 Å². The number of sulfone groups is 2. The molecule has 1 saturated heterocycles. The topological polar surface area (TPSA) is 145 Å². The first-order valence-electron chi connectivity index (χ1n) is 20.1. The van der Waals surface area contributed by atoms with Gasteiger partial charge in [0.25, 0.3) is 0 Å². The van der Waals surface area contributed by atoms with Crippen molar-refractivity contribution in [1.29, 1.82) is 0 Å². The number of hydrogen-bond donors (Lipinski definition) is 2. The zero-order valence-electron chi connectivity index (χ0n) is 34.7. The van der Waals surface area contributed by atoms with Gasteiger partial charge in [-0.3, -0.25) is 0 Å². The highest BCUT2D eigenvalue weighted by Gasteiger charge is 2.55. The highest BCUT2D eigenvalue weighted by molar-refractivity contribution is 7.92. The first kappa shape index (κ1) is 51.1. The maximum Gasteiger partial charge on any atom is 0.197 e. The van der Waals surface area contributed by atoms with Gasteiger partial charge in [-0.05, 0) is 129 Å². The molecule has 63 heavy (non-hydrogen) atoms. The summed E-state index contributed by atoms with van der Waals surface area (Å²) < 4.78 is 124. The zero-order valence-corrected chi connectivity index (χ0v) is 39.6. The highest BCUT2D eigenvalue weighted by Crippen LogP contribution is 2.52. The summed E-state index contributed by atoms with van der Waals surface area (Å²) in [6.07, 6.45) is -0.618. The Morgan fingerprint density at radius 1 is 0.762 bits per heavy atom. The molecule has 0 radical (unpaired) electrons. The molecule has 7 rings (SSSR count). The smallest absolute Gasteiger partial charge is 0.197 e. The van der Waals surface area contributed by atoms with Crippen molar-refractivity contribution in [3.05, 3.63) is 129 Å². The molecular weight excluding hydrogens is 946 g/mol. The van der Waals surface area contributed by atoms with Gasteiger partial charge in [0.15, 0.2) is 32.2 Å². The molecular formula is C43H49Cl2F4NO9S3Si. The van der Waals surface area contributed by atoms with Crippen LogP contribution in [-0.2, 0) is 56.3 Å². The molecule has 4 aromatic rings. The molecule has 1 heterocycles. The highest BCUT2D eigenvalue weighted by atomic mass is 35.5. The van der Waals surface area contributed by atoms with E-state index in [2.05, 4.69) is 37.7 Å². The molecule has 3 aliphatic rings. The molecule has 6 atom stereocenters. The van der Waals surface area contributed by atoms with Crippen LogP contribution in [0.5, 0.6) is 0 Å². The fourth-order valence-corrected chi connectivity index (χ4v) is 14.0. The molecule has 0 unspecified atom stereocenters. The standard InChI is InChI=1S/C24H31ClF2O4SSi.C19H18ClF2NO4S.OS/c1-33(2,3)13-12-31-16-17-15-24(11-10-23(17)28,21-14-19(26)6-9-22(21)27)32(29,30)20-7-4-18(25)5-8-20;20-13-1-4-15(5-2-13)28(24,25)19(16-9-14(21)3-6-17(16)22)8-7-18-12(10-19)11-23-27-26-18;1-2/h4-9,14,17,23,28H,10-13,15-16H2,1-3H3;1-6,9,12,18,23H,7-8,10-11H2;/t17-,23-,24+;12-,18-,19+;/m00./s1. The van der Waals surface area contributed by atoms with Gasteiger partial charge in [-0.2, -0.15) is 9.69 Å². The summed E-state index contributed by atoms with van der Waals surface area (Å²) in [5.41, 5.74) is 2.22. The number of halogens is 6. The summed E-state index contributed by atoms with van der Waals surface area (Å²) in [5.74, 6) is -3.73. The number of benzene rings is 4. The number of fused-ring (bicyclic) bond motifs is 1. The Labute approximate surface area is 381 Å². The Bertz CT molecular complexity index is 2420. The molecule has 0 amide bonds. The lowest BCUT2D eigenvalue weighted by Gasteiger charge is -2.45. The lowest BCUT2D eigenvalue weighted by Crippen LogP contribution is -2.51. The quantitative estimate of drug-likeness (QED) is 0.0642. The second-order valence-electron chi connectivity index (χ2n) is 17.2. The maximum absolute atomic E-state index is 15.0. The van der Waals surface area contributed by atoms with E-state index in [0.29, 0.717) is 29.6 Å². The summed E-state index contributed by atoms with van der Waals surface area (Å²) in [7, 11) is -9.56. The fourth-order valence-electron chi connectivity index (χ4n) is 8.54. The van der Waals surface area contributed by atoms with E-state index in [1.54, 1.807) is 0 Å². The monoisotopic (exact) mass is 993 g/mol. The van der Waals surface area contributed by atoms with Crippen molar-refractivity contribution in [3.8, 4) is 0 Å². The van der Waals surface area contributed by atoms with Crippen LogP contribution in [0, 0.1) is 35.1 Å². The molecule has 4 aromatic carbocycles. The Morgan fingerprint density at radius 2 is 1.24 bits per heavy atom. The van der Waals surface area contributed by atoms with Crippen molar-refractivity contribution < 1.29 is 58.3 Å². The van der Waals surface area contributed by atoms with Crippen LogP contribution in [0.25, 0.3) is 0 Å². The fraction of sp³-hybridized carbons (Fsp3) is 0.442. The molecule has 10 nitrogen and oxygen atoms in total. The minimum Gasteiger partial charge on any atom is -0.393 e. The van der Waals surface area contributed by atoms with Crippen LogP contribution in [0.2, 0.25) is 35.7 Å². The van der Waals surface area contributed by atoms with Crippen LogP contribution in [-0.4, -0.2) is 66.2 Å². The lowest BCUT2D eigenvalue weighted by molar-refractivity contribution is -0.399. The van der Waals surface area contributed by atoms with Crippen molar-refractivity contribution in [1.82, 2.24) is 5.48 Å². The Kier molecular flexibility index (Phi) is 17.2. The number of aliphatic hydroxyl groups is 1. The summed E-state index contributed by atoms with van der Waals surface area (Å²) in [6, 6.07) is 18.1. The van der Waals surface area contributed by atoms with Gasteiger partial charge in [-0.15, -0.1) is 4.99 Å². The van der Waals surface area contributed by atoms with Gasteiger partial charge in [-0.25, -0.2) is 39.3 Å². The van der Waals surface area contributed by atoms with Crippen molar-refractivity contribution in [2.75, 3.05) is 19.8 Å². The van der Waals surface area contributed by atoms with Crippen molar-refractivity contribution in [2.24, 2.45) is 11.8 Å². The molecule has 0 spiro atoms. The van der Waals surface area contributed by atoms with E-state index in [0.717, 1.165) is 42.4 Å². The number of hydroxylamine groups is 1. The van der Waals surface area contributed by atoms with E-state index < -0.39 is 72.5 Å². The first-order valence-corrected chi connectivity index (χ1v) is 27.8. The van der Waals surface area contributed by atoms with Crippen LogP contribution < -0.4 is 5.48 Å². The zero-order chi connectivity index (χ0) is 46.4. The van der Waals surface area contributed by atoms with E-state index in [1.165, 1.54) is 48.5 Å². The average Bonchev–Trinajstić information content (AvgIpc) is 3.25. The number of aliphatic hydroxyl groups excluding tert-OH is 1. The molecule has 0 bridgehead atoms. The summed E-state index contributed by atoms with van der Waals surface area (Å²) in [4.78, 5) is 9.99. The van der Waals surface area contributed by atoms with Gasteiger partial charge < -0.3 is 9.84 Å². The molecule has 20 heteroatoms. The predicted octanol–water partition coefficient (Wildman–Crippen LogP) is 9.39. The van der Waals surface area contributed by atoms with Crippen molar-refractivity contribution in [3.63, 3.8) is 0 Å². The SMILES string of the molecule is C[Si](C)(C)CCOC[C@@H]1C[C@](c2cc(F)ccc2F)(S(=O)(=O)c2ccc(Cl)cc2)CC[C@@H]1O.O=S.O=S(=O)(c1ccc(Cl)cc1)[C@]1(c2cc(F)ccc2F)CC[C@@H]2OONC[C@@H]2C1. The normalized spacial score (nSPS) is 25.1. The van der Waals surface area contributed by atoms with Gasteiger partial charge in [0, 0.05) is 54.2 Å². The van der Waals surface area contributed by atoms with Crippen LogP contribution in [0.4, 0.5) is 17.6 Å². The van der Waals surface area contributed by atoms with E-state index in [4.69, 9.17) is 42.0 Å². The Hall–Kier alpha value is -2.88. The van der Waals surface area contributed by atoms with Gasteiger partial charge in [0.2, 0.25) is 0 Å². The van der Waals surface area contributed by atoms with E-state index in [1.807, 2.05) is 0 Å². The second kappa shape index (κ2) is 21.2. The number of hydrogen-bond acceptors (Lipinski definition) is 11. The molecule has 344 valence electrons. The lowest BCUT2D eigenvalue weighted by atomic mass is 9.75. The molecule has 0 aromatic heterocycles. The largest absolute Gasteiger partial charge is 0.393 e. The van der Waals surface area contributed by atoms with Crippen molar-refractivity contribution >= 4 is 63.5 Å². The van der Waals surface area contributed by atoms with Crippen LogP contribution in [0.1, 0.15) is 49.7 Å². The third-order valence-electron chi connectivity index (χ3n) is 12.0. The molecule has 2 saturated carbocycles. The van der Waals surface area contributed by atoms with Crippen molar-refractivity contribution in [2.45, 2.75) is 95.7 Å². The summed E-state index contributed by atoms with van der Waals surface area (Å²) in [6.45, 7) is 7.69. The average molecular weight is 995 g/mol. The predicted molar refractivity (Wildman–Crippen MR) is 235 cm³/mol. The minimum absolute atomic E-state index is 0.0138. The number of rotatable bonds is 11. The van der Waals surface area contributed by atoms with Gasteiger partial charge in [-0.1, -0.05) is 42.8 Å². The molecule has 2 N–H and O–H groups in total. The number of ether oxygens (including phenoxy) is 1. The molecule has 3 fully saturated rings. The number of nitrogens with one attached hydrogen (secondary N) is 1. The molecule has 2 aliphatic carbocycles. The Morgan fingerprint density at radius 3 is 1.73 bits per heavy atom. The van der Waals surface area contributed by atoms with Crippen LogP contribution in [0.15, 0.2) is 94.7 Å². The Balaban J connectivity index is 0.000000231. The molecule has 1 aliphatic heterocycles. The van der Waals surface area contributed by atoms with Gasteiger partial charge in [0.1, 0.15) is 32.8 Å². The van der Waals surface area contributed by atoms with E-state index >= 15 is 4.39 Å². The van der Waals surface area contributed by atoms with E-state index in [9.17, 15) is 35.1 Å². The summed E-state index contributed by atoms with van der Waals surface area (Å²) in [5, 5.41) is 11.4.